The van der Waals surface area contributed by atoms with E-state index in [1.807, 2.05) is 18.2 Å². The largest absolute Gasteiger partial charge is 0.497 e. The van der Waals surface area contributed by atoms with Crippen LogP contribution < -0.4 is 4.74 Å². The van der Waals surface area contributed by atoms with Crippen LogP contribution in [0.25, 0.3) is 0 Å². The highest BCUT2D eigenvalue weighted by molar-refractivity contribution is 5.79. The summed E-state index contributed by atoms with van der Waals surface area (Å²) < 4.78 is 6.61. The summed E-state index contributed by atoms with van der Waals surface area (Å²) >= 11 is 0. The fourth-order valence-corrected chi connectivity index (χ4v) is 3.09. The summed E-state index contributed by atoms with van der Waals surface area (Å²) in [6.45, 7) is 2.20. The molecule has 1 aliphatic heterocycles. The van der Waals surface area contributed by atoms with E-state index in [1.165, 1.54) is 4.68 Å². The molecule has 1 fully saturated rings. The van der Waals surface area contributed by atoms with Crippen molar-refractivity contribution < 1.29 is 19.4 Å². The van der Waals surface area contributed by atoms with Crippen LogP contribution >= 0.6 is 0 Å². The summed E-state index contributed by atoms with van der Waals surface area (Å²) in [6, 6.07) is 7.31. The Hall–Kier alpha value is -2.97. The van der Waals surface area contributed by atoms with Crippen LogP contribution in [0, 0.1) is 12.8 Å². The van der Waals surface area contributed by atoms with E-state index >= 15 is 0 Å². The topological polar surface area (TPSA) is 110 Å². The van der Waals surface area contributed by atoms with E-state index in [2.05, 4.69) is 15.5 Å². The second kappa shape index (κ2) is 6.88. The van der Waals surface area contributed by atoms with E-state index in [4.69, 9.17) is 4.74 Å². The third-order valence-electron chi connectivity index (χ3n) is 4.51. The highest BCUT2D eigenvalue weighted by atomic mass is 16.5. The van der Waals surface area contributed by atoms with E-state index in [0.717, 1.165) is 5.56 Å². The number of carboxylic acid groups (broad SMARTS) is 1. The molecule has 0 radical (unpaired) electrons. The number of rotatable bonds is 5. The average molecular weight is 345 g/mol. The second-order valence-electron chi connectivity index (χ2n) is 6.01. The molecule has 25 heavy (non-hydrogen) atoms. The van der Waals surface area contributed by atoms with Crippen LogP contribution in [-0.2, 0) is 16.1 Å². The molecule has 9 heteroatoms. The van der Waals surface area contributed by atoms with E-state index in [-0.39, 0.29) is 24.9 Å². The number of carbonyl (C=O) groups is 2. The van der Waals surface area contributed by atoms with Gasteiger partial charge in [-0.15, -0.1) is 5.10 Å². The predicted molar refractivity (Wildman–Crippen MR) is 86.0 cm³/mol. The molecule has 0 unspecified atom stereocenters. The number of carbonyl (C=O) groups excluding carboxylic acids is 1. The molecule has 2 heterocycles. The van der Waals surface area contributed by atoms with Gasteiger partial charge in [0.05, 0.1) is 13.0 Å². The Morgan fingerprint density at radius 3 is 2.80 bits per heavy atom. The molecule has 1 amide bonds. The highest BCUT2D eigenvalue weighted by Crippen LogP contribution is 2.34. The Morgan fingerprint density at radius 2 is 2.16 bits per heavy atom. The van der Waals surface area contributed by atoms with Crippen LogP contribution in [-0.4, -0.2) is 62.3 Å². The zero-order valence-electron chi connectivity index (χ0n) is 14.0. The Bertz CT molecular complexity index is 790. The molecular formula is C16H19N5O4. The first-order valence-corrected chi connectivity index (χ1v) is 7.87. The molecule has 0 bridgehead atoms. The van der Waals surface area contributed by atoms with Gasteiger partial charge in [-0.3, -0.25) is 9.59 Å². The molecule has 0 saturated carbocycles. The van der Waals surface area contributed by atoms with Crippen LogP contribution in [0.5, 0.6) is 5.75 Å². The number of aryl methyl sites for hydroxylation is 1. The van der Waals surface area contributed by atoms with Gasteiger partial charge in [0.15, 0.2) is 0 Å². The van der Waals surface area contributed by atoms with Gasteiger partial charge in [0, 0.05) is 19.0 Å². The predicted octanol–water partition coefficient (Wildman–Crippen LogP) is 0.317. The van der Waals surface area contributed by atoms with E-state index < -0.39 is 11.9 Å². The lowest BCUT2D eigenvalue weighted by Gasteiger charge is -2.17. The highest BCUT2D eigenvalue weighted by Gasteiger charge is 2.40. The van der Waals surface area contributed by atoms with Gasteiger partial charge in [0.2, 0.25) is 5.91 Å². The van der Waals surface area contributed by atoms with E-state index in [9.17, 15) is 14.7 Å². The summed E-state index contributed by atoms with van der Waals surface area (Å²) in [5, 5.41) is 20.6. The van der Waals surface area contributed by atoms with E-state index in [0.29, 0.717) is 18.1 Å². The fraction of sp³-hybridized carbons (Fsp3) is 0.438. The van der Waals surface area contributed by atoms with Crippen molar-refractivity contribution in [3.63, 3.8) is 0 Å². The standard InChI is InChI=1S/C16H19N5O4/c1-10-17-18-19-21(10)9-15(22)20-7-13(14(8-20)16(23)24)11-4-3-5-12(6-11)25-2/h3-6,13-14H,7-9H2,1-2H3,(H,23,24)/t13-,14+/m1/s1. The number of aromatic nitrogens is 4. The second-order valence-corrected chi connectivity index (χ2v) is 6.01. The maximum Gasteiger partial charge on any atom is 0.308 e. The lowest BCUT2D eigenvalue weighted by molar-refractivity contribution is -0.141. The lowest BCUT2D eigenvalue weighted by Crippen LogP contribution is -2.33. The average Bonchev–Trinajstić information content (AvgIpc) is 3.22. The van der Waals surface area contributed by atoms with Crippen LogP contribution in [0.4, 0.5) is 0 Å². The molecule has 1 aliphatic rings. The van der Waals surface area contributed by atoms with Gasteiger partial charge in [-0.25, -0.2) is 4.68 Å². The molecule has 3 rings (SSSR count). The van der Waals surface area contributed by atoms with Crippen LogP contribution in [0.15, 0.2) is 24.3 Å². The fourth-order valence-electron chi connectivity index (χ4n) is 3.09. The van der Waals surface area contributed by atoms with Gasteiger partial charge < -0.3 is 14.7 Å². The molecule has 0 aliphatic carbocycles. The Balaban J connectivity index is 1.79. The molecule has 2 atom stereocenters. The zero-order chi connectivity index (χ0) is 18.0. The van der Waals surface area contributed by atoms with Crippen LogP contribution in [0.2, 0.25) is 0 Å². The van der Waals surface area contributed by atoms with Gasteiger partial charge in [0.1, 0.15) is 18.1 Å². The molecular weight excluding hydrogens is 326 g/mol. The maximum atomic E-state index is 12.5. The zero-order valence-corrected chi connectivity index (χ0v) is 14.0. The number of carboxylic acids is 1. The smallest absolute Gasteiger partial charge is 0.308 e. The van der Waals surface area contributed by atoms with Crippen molar-refractivity contribution in [2.24, 2.45) is 5.92 Å². The maximum absolute atomic E-state index is 12.5. The minimum Gasteiger partial charge on any atom is -0.497 e. The molecule has 9 nitrogen and oxygen atoms in total. The SMILES string of the molecule is COc1cccc([C@H]2CN(C(=O)Cn3nnnc3C)C[C@@H]2C(=O)O)c1. The van der Waals surface area contributed by atoms with Crippen molar-refractivity contribution in [1.29, 1.82) is 0 Å². The minimum atomic E-state index is -0.915. The first kappa shape index (κ1) is 16.9. The number of benzene rings is 1. The summed E-state index contributed by atoms with van der Waals surface area (Å²) in [7, 11) is 1.56. The van der Waals surface area contributed by atoms with Crippen LogP contribution in [0.1, 0.15) is 17.3 Å². The van der Waals surface area contributed by atoms with Gasteiger partial charge in [-0.1, -0.05) is 12.1 Å². The van der Waals surface area contributed by atoms with Gasteiger partial charge >= 0.3 is 5.97 Å². The first-order chi connectivity index (χ1) is 12.0. The number of ether oxygens (including phenoxy) is 1. The summed E-state index contributed by atoms with van der Waals surface area (Å²) in [6.07, 6.45) is 0. The summed E-state index contributed by atoms with van der Waals surface area (Å²) in [5.74, 6) is -0.867. The number of hydrogen-bond acceptors (Lipinski definition) is 6. The molecule has 1 aromatic heterocycles. The number of amides is 1. The van der Waals surface area contributed by atoms with Crippen molar-refractivity contribution in [2.45, 2.75) is 19.4 Å². The monoisotopic (exact) mass is 345 g/mol. The number of aliphatic carboxylic acids is 1. The van der Waals surface area contributed by atoms with E-state index in [1.54, 1.807) is 25.0 Å². The first-order valence-electron chi connectivity index (χ1n) is 7.87. The molecule has 1 N–H and O–H groups in total. The van der Waals surface area contributed by atoms with Crippen LogP contribution in [0.3, 0.4) is 0 Å². The number of hydrogen-bond donors (Lipinski definition) is 1. The van der Waals surface area contributed by atoms with Crippen molar-refractivity contribution in [1.82, 2.24) is 25.1 Å². The Kier molecular flexibility index (Phi) is 4.64. The molecule has 1 saturated heterocycles. The third kappa shape index (κ3) is 3.44. The van der Waals surface area contributed by atoms with Gasteiger partial charge in [-0.05, 0) is 35.0 Å². The number of tetrazole rings is 1. The molecule has 132 valence electrons. The Morgan fingerprint density at radius 1 is 1.36 bits per heavy atom. The number of nitrogens with zero attached hydrogens (tertiary/aromatic N) is 5. The number of methoxy groups -OCH3 is 1. The molecule has 1 aromatic carbocycles. The van der Waals surface area contributed by atoms with Gasteiger partial charge in [-0.2, -0.15) is 0 Å². The lowest BCUT2D eigenvalue weighted by atomic mass is 9.89. The third-order valence-corrected chi connectivity index (χ3v) is 4.51. The quantitative estimate of drug-likeness (QED) is 0.830. The van der Waals surface area contributed by atoms with Gasteiger partial charge in [0.25, 0.3) is 0 Å². The molecule has 0 spiro atoms. The van der Waals surface area contributed by atoms with Crippen molar-refractivity contribution in [2.75, 3.05) is 20.2 Å². The summed E-state index contributed by atoms with van der Waals surface area (Å²) in [4.78, 5) is 25.8. The normalized spacial score (nSPS) is 19.8. The summed E-state index contributed by atoms with van der Waals surface area (Å²) in [5.41, 5.74) is 0.848. The number of likely N-dealkylation sites (tertiary alicyclic amines) is 1. The minimum absolute atomic E-state index is 0.00397. The van der Waals surface area contributed by atoms with Crippen molar-refractivity contribution >= 4 is 11.9 Å². The molecule has 2 aromatic rings. The van der Waals surface area contributed by atoms with Crippen molar-refractivity contribution in [3.05, 3.63) is 35.7 Å². The Labute approximate surface area is 144 Å². The van der Waals surface area contributed by atoms with Crippen molar-refractivity contribution in [3.8, 4) is 5.75 Å².